The van der Waals surface area contributed by atoms with Gasteiger partial charge in [-0.2, -0.15) is 0 Å². The Bertz CT molecular complexity index is 749. The Morgan fingerprint density at radius 3 is 2.71 bits per heavy atom. The summed E-state index contributed by atoms with van der Waals surface area (Å²) in [5.41, 5.74) is 2.75. The van der Waals surface area contributed by atoms with Crippen molar-refractivity contribution < 1.29 is 0 Å². The second kappa shape index (κ2) is 7.23. The summed E-state index contributed by atoms with van der Waals surface area (Å²) in [6.45, 7) is 5.77. The van der Waals surface area contributed by atoms with Crippen molar-refractivity contribution >= 4 is 33.2 Å². The molecule has 4 nitrogen and oxygen atoms in total. The number of thiazole rings is 1. The summed E-state index contributed by atoms with van der Waals surface area (Å²) in [7, 11) is 1.82. The van der Waals surface area contributed by atoms with Gasteiger partial charge in [-0.15, -0.1) is 11.3 Å². The molecule has 0 saturated heterocycles. The van der Waals surface area contributed by atoms with Crippen LogP contribution in [0.3, 0.4) is 0 Å². The quantitative estimate of drug-likeness (QED) is 0.584. The van der Waals surface area contributed by atoms with Gasteiger partial charge in [0.2, 0.25) is 0 Å². The van der Waals surface area contributed by atoms with Gasteiger partial charge >= 0.3 is 0 Å². The van der Waals surface area contributed by atoms with Crippen molar-refractivity contribution in [2.75, 3.05) is 13.6 Å². The topological polar surface area (TPSA) is 49.3 Å². The van der Waals surface area contributed by atoms with Crippen LogP contribution >= 0.6 is 27.3 Å². The van der Waals surface area contributed by atoms with E-state index in [-0.39, 0.29) is 5.41 Å². The fraction of sp³-hybridized carbons (Fsp3) is 0.444. The molecule has 0 unspecified atom stereocenters. The Morgan fingerprint density at radius 1 is 1.33 bits per heavy atom. The third-order valence-electron chi connectivity index (χ3n) is 4.52. The van der Waals surface area contributed by atoms with Crippen molar-refractivity contribution in [1.29, 1.82) is 0 Å². The van der Waals surface area contributed by atoms with E-state index in [4.69, 9.17) is 0 Å². The van der Waals surface area contributed by atoms with E-state index < -0.39 is 0 Å². The summed E-state index contributed by atoms with van der Waals surface area (Å²) < 4.78 is 1.14. The van der Waals surface area contributed by atoms with Crippen LogP contribution in [0.1, 0.15) is 34.0 Å². The number of aromatic nitrogens is 1. The van der Waals surface area contributed by atoms with Crippen molar-refractivity contribution in [3.05, 3.63) is 49.9 Å². The van der Waals surface area contributed by atoms with Crippen LogP contribution in [-0.2, 0) is 12.0 Å². The number of benzene rings is 1. The molecule has 0 radical (unpaired) electrons. The minimum atomic E-state index is 0.248. The summed E-state index contributed by atoms with van der Waals surface area (Å²) in [6, 6.07) is 8.64. The molecule has 0 spiro atoms. The number of hydrogen-bond donors (Lipinski definition) is 2. The minimum Gasteiger partial charge on any atom is -0.356 e. The molecular formula is C18H23BrN4S. The van der Waals surface area contributed by atoms with Gasteiger partial charge in [0.15, 0.2) is 5.96 Å². The lowest BCUT2D eigenvalue weighted by Gasteiger charge is -2.19. The van der Waals surface area contributed by atoms with E-state index in [0.717, 1.165) is 34.2 Å². The predicted molar refractivity (Wildman–Crippen MR) is 105 cm³/mol. The second-order valence-corrected chi connectivity index (χ2v) is 8.51. The summed E-state index contributed by atoms with van der Waals surface area (Å²) in [4.78, 5) is 10.1. The van der Waals surface area contributed by atoms with Crippen molar-refractivity contribution in [3.8, 4) is 0 Å². The molecule has 1 fully saturated rings. The van der Waals surface area contributed by atoms with Gasteiger partial charge in [0.1, 0.15) is 0 Å². The van der Waals surface area contributed by atoms with Gasteiger partial charge in [-0.3, -0.25) is 4.99 Å². The van der Waals surface area contributed by atoms with Gasteiger partial charge in [-0.05, 0) is 44.4 Å². The fourth-order valence-corrected chi connectivity index (χ4v) is 4.19. The van der Waals surface area contributed by atoms with Crippen molar-refractivity contribution in [3.63, 3.8) is 0 Å². The van der Waals surface area contributed by atoms with Crippen molar-refractivity contribution in [2.24, 2.45) is 4.99 Å². The first-order valence-corrected chi connectivity index (χ1v) is 9.77. The highest BCUT2D eigenvalue weighted by molar-refractivity contribution is 9.10. The Hall–Kier alpha value is -1.40. The Kier molecular flexibility index (Phi) is 5.25. The molecule has 2 aromatic rings. The molecule has 6 heteroatoms. The predicted octanol–water partition coefficient (Wildman–Crippen LogP) is 3.92. The maximum absolute atomic E-state index is 4.47. The number of nitrogens with zero attached hydrogens (tertiary/aromatic N) is 2. The van der Waals surface area contributed by atoms with Crippen molar-refractivity contribution in [2.45, 2.75) is 38.6 Å². The molecule has 1 saturated carbocycles. The van der Waals surface area contributed by atoms with E-state index in [1.54, 1.807) is 11.3 Å². The standard InChI is InChI=1S/C18H23BrN4S/c1-12-16(24-13(2)23-12)10-21-17(20-3)22-11-18(7-8-18)14-5-4-6-15(19)9-14/h4-6,9H,7-8,10-11H2,1-3H3,(H2,20,21,22). The molecule has 1 aromatic carbocycles. The van der Waals surface area contributed by atoms with Crippen LogP contribution in [0.4, 0.5) is 0 Å². The Labute approximate surface area is 155 Å². The second-order valence-electron chi connectivity index (χ2n) is 6.31. The zero-order chi connectivity index (χ0) is 17.2. The highest BCUT2D eigenvalue weighted by atomic mass is 79.9. The smallest absolute Gasteiger partial charge is 0.191 e. The summed E-state index contributed by atoms with van der Waals surface area (Å²) >= 11 is 5.31. The number of hydrogen-bond acceptors (Lipinski definition) is 3. The number of guanidine groups is 1. The molecule has 24 heavy (non-hydrogen) atoms. The summed E-state index contributed by atoms with van der Waals surface area (Å²) in [6.07, 6.45) is 2.45. The SMILES string of the molecule is CN=C(NCc1sc(C)nc1C)NCC1(c2cccc(Br)c2)CC1. The average molecular weight is 407 g/mol. The van der Waals surface area contributed by atoms with Crippen LogP contribution in [0.5, 0.6) is 0 Å². The lowest BCUT2D eigenvalue weighted by Crippen LogP contribution is -2.40. The molecular weight excluding hydrogens is 384 g/mol. The van der Waals surface area contributed by atoms with Gasteiger partial charge in [0.05, 0.1) is 17.2 Å². The minimum absolute atomic E-state index is 0.248. The lowest BCUT2D eigenvalue weighted by molar-refractivity contribution is 0.645. The van der Waals surface area contributed by atoms with Gasteiger partial charge in [-0.25, -0.2) is 4.98 Å². The molecule has 1 aliphatic carbocycles. The Balaban J connectivity index is 1.57. The maximum Gasteiger partial charge on any atom is 0.191 e. The first-order valence-electron chi connectivity index (χ1n) is 8.16. The Morgan fingerprint density at radius 2 is 2.12 bits per heavy atom. The van der Waals surface area contributed by atoms with E-state index in [1.165, 1.54) is 23.3 Å². The molecule has 1 aliphatic rings. The molecule has 1 aromatic heterocycles. The van der Waals surface area contributed by atoms with Gasteiger partial charge in [-0.1, -0.05) is 28.1 Å². The zero-order valence-electron chi connectivity index (χ0n) is 14.3. The van der Waals surface area contributed by atoms with Crippen LogP contribution in [0, 0.1) is 13.8 Å². The summed E-state index contributed by atoms with van der Waals surface area (Å²) in [5, 5.41) is 8.01. The van der Waals surface area contributed by atoms with Crippen molar-refractivity contribution in [1.82, 2.24) is 15.6 Å². The lowest BCUT2D eigenvalue weighted by atomic mass is 9.96. The first kappa shape index (κ1) is 17.4. The number of nitrogens with one attached hydrogen (secondary N) is 2. The van der Waals surface area contributed by atoms with Gasteiger partial charge in [0.25, 0.3) is 0 Å². The van der Waals surface area contributed by atoms with E-state index in [9.17, 15) is 0 Å². The summed E-state index contributed by atoms with van der Waals surface area (Å²) in [5.74, 6) is 0.849. The number of aliphatic imine (C=N–C) groups is 1. The monoisotopic (exact) mass is 406 g/mol. The molecule has 1 heterocycles. The van der Waals surface area contributed by atoms with E-state index in [0.29, 0.717) is 0 Å². The van der Waals surface area contributed by atoms with Crippen LogP contribution in [0.2, 0.25) is 0 Å². The molecule has 0 bridgehead atoms. The van der Waals surface area contributed by atoms with Crippen LogP contribution in [0.25, 0.3) is 0 Å². The van der Waals surface area contributed by atoms with Crippen LogP contribution in [-0.4, -0.2) is 24.5 Å². The van der Waals surface area contributed by atoms with E-state index in [1.807, 2.05) is 14.0 Å². The number of rotatable bonds is 5. The average Bonchev–Trinajstić information content (AvgIpc) is 3.28. The normalized spacial score (nSPS) is 16.1. The van der Waals surface area contributed by atoms with E-state index in [2.05, 4.69) is 67.7 Å². The molecule has 0 aliphatic heterocycles. The molecule has 0 atom stereocenters. The molecule has 0 amide bonds. The van der Waals surface area contributed by atoms with Gasteiger partial charge in [0, 0.05) is 28.4 Å². The third-order valence-corrected chi connectivity index (χ3v) is 6.09. The maximum atomic E-state index is 4.47. The third kappa shape index (κ3) is 3.98. The number of halogens is 1. The van der Waals surface area contributed by atoms with Crippen LogP contribution in [0.15, 0.2) is 33.7 Å². The zero-order valence-corrected chi connectivity index (χ0v) is 16.7. The van der Waals surface area contributed by atoms with Crippen LogP contribution < -0.4 is 10.6 Å². The first-order chi connectivity index (χ1) is 11.5. The van der Waals surface area contributed by atoms with E-state index >= 15 is 0 Å². The highest BCUT2D eigenvalue weighted by Gasteiger charge is 2.44. The molecule has 3 rings (SSSR count). The highest BCUT2D eigenvalue weighted by Crippen LogP contribution is 2.48. The van der Waals surface area contributed by atoms with Gasteiger partial charge < -0.3 is 10.6 Å². The molecule has 2 N–H and O–H groups in total. The number of aryl methyl sites for hydroxylation is 2. The fourth-order valence-electron chi connectivity index (χ4n) is 2.91. The molecule has 128 valence electrons. The largest absolute Gasteiger partial charge is 0.356 e.